The van der Waals surface area contributed by atoms with Gasteiger partial charge in [-0.05, 0) is 256 Å². The van der Waals surface area contributed by atoms with E-state index in [0.717, 1.165) is 0 Å². The average Bonchev–Trinajstić information content (AvgIpc) is 1.64. The minimum Gasteiger partial charge on any atom is -0.351 e. The molecule has 0 saturated carbocycles. The maximum absolute atomic E-state index is 11.8. The van der Waals surface area contributed by atoms with Crippen LogP contribution < -0.4 is 31.1 Å². The van der Waals surface area contributed by atoms with Gasteiger partial charge in [-0.25, -0.2) is 0 Å². The number of nitrogens with zero attached hydrogens (tertiary/aromatic N) is 14. The lowest BCUT2D eigenvalue weighted by atomic mass is 9.78. The summed E-state index contributed by atoms with van der Waals surface area (Å²) in [6.07, 6.45) is 9.10. The van der Waals surface area contributed by atoms with Crippen LogP contribution in [0.4, 0.5) is 35.7 Å². The molecule has 0 spiro atoms. The molecule has 502 valence electrons. The summed E-state index contributed by atoms with van der Waals surface area (Å²) in [7, 11) is 0. The lowest BCUT2D eigenvalue weighted by Gasteiger charge is -2.54. The summed E-state index contributed by atoms with van der Waals surface area (Å²) in [5.74, 6) is 2.81. The third-order valence-corrected chi connectivity index (χ3v) is 20.8. The van der Waals surface area contributed by atoms with E-state index in [4.69, 9.17) is 29.9 Å². The first-order valence-corrected chi connectivity index (χ1v) is 33.0. The fraction of sp³-hybridized carbons (Fsp3) is 0.906. The van der Waals surface area contributed by atoms with Crippen molar-refractivity contribution in [2.45, 2.75) is 359 Å². The van der Waals surface area contributed by atoms with Gasteiger partial charge in [-0.2, -0.15) is 60.3 Å². The van der Waals surface area contributed by atoms with Crippen LogP contribution in [-0.2, 0) is 0 Å². The van der Waals surface area contributed by atoms with Gasteiger partial charge in [-0.15, -0.1) is 0 Å². The predicted molar refractivity (Wildman–Crippen MR) is 347 cm³/mol. The van der Waals surface area contributed by atoms with Crippen molar-refractivity contribution in [3.05, 3.63) is 0 Å². The van der Waals surface area contributed by atoms with Gasteiger partial charge < -0.3 is 62.3 Å². The molecule has 88 heavy (non-hydrogen) atoms. The molecule has 2 aromatic heterocycles. The van der Waals surface area contributed by atoms with E-state index in [1.54, 1.807) is 0 Å². The van der Waals surface area contributed by atoms with Crippen molar-refractivity contribution in [3.8, 4) is 0 Å². The highest BCUT2D eigenvalue weighted by Crippen LogP contribution is 2.46. The van der Waals surface area contributed by atoms with Crippen molar-refractivity contribution in [2.24, 2.45) is 0 Å². The van der Waals surface area contributed by atoms with Crippen LogP contribution in [0.5, 0.6) is 0 Å². The van der Waals surface area contributed by atoms with E-state index < -0.39 is 66.5 Å². The predicted octanol–water partition coefficient (Wildman–Crippen LogP) is 11.3. The number of rotatable bonds is 17. The summed E-state index contributed by atoms with van der Waals surface area (Å²) in [6, 6.07) is -0.487. The Bertz CT molecular complexity index is 2350. The van der Waals surface area contributed by atoms with Crippen molar-refractivity contribution in [1.29, 1.82) is 0 Å². The van der Waals surface area contributed by atoms with E-state index in [1.165, 1.54) is 30.4 Å². The van der Waals surface area contributed by atoms with Gasteiger partial charge in [0.2, 0.25) is 35.7 Å². The van der Waals surface area contributed by atoms with E-state index in [-0.39, 0.29) is 36.3 Å². The monoisotopic (exact) mass is 1240 g/mol. The molecule has 0 atom stereocenters. The molecular weight excluding hydrogens is 1120 g/mol. The van der Waals surface area contributed by atoms with Gasteiger partial charge in [0.1, 0.15) is 0 Å². The minimum absolute atomic E-state index is 0.0732. The fourth-order valence-electron chi connectivity index (χ4n) is 17.8. The SMILES string of the molecule is CC1(C)CC(Nc2nc(NC3CC(C)(C)N(O)C(C)(C)C3)nc(N(CCCCN(c3nc(NC4CC(C)(C)N(O)C(C)(C)C4)nc(NC4CC(C)(C)N(O)C(C)(C)C4)n3)C3CC(C)(C)N(O)C(C)(C)C3)C3CC(C)(C)N(O)C(C)(C)C3)n2)CC(C)(C)N1O. The third-order valence-electron chi connectivity index (χ3n) is 20.8. The van der Waals surface area contributed by atoms with E-state index in [9.17, 15) is 31.2 Å². The molecule has 0 radical (unpaired) electrons. The van der Waals surface area contributed by atoms with Crippen molar-refractivity contribution in [3.63, 3.8) is 0 Å². The molecule has 8 heterocycles. The Morgan fingerprint density at radius 1 is 0.284 bits per heavy atom. The Labute approximate surface area is 528 Å². The number of piperidine rings is 6. The lowest BCUT2D eigenvalue weighted by molar-refractivity contribution is -0.244. The number of nitrogens with one attached hydrogen (secondary N) is 4. The standard InChI is InChI=1S/C64H120N18O6/c1-53(2)29-41(30-54(3,4)77(53)83)65-47-69-48(66-42-31-55(5,6)78(84)56(7,8)32-42)72-51(71-47)75(45-37-61(17,18)81(87)62(19,20)38-45)27-25-26-28-76(46-39-63(21,22)82(88)64(23,24)40-46)52-73-49(67-43-33-57(9,10)79(85)58(11,12)34-43)70-50(74-52)68-44-35-59(13,14)80(86)60(15,16)36-44/h41-46,83-88H,25-40H2,1-24H3,(H2,65,66,69,71,72)(H2,67,68,70,73,74). The maximum Gasteiger partial charge on any atom is 0.232 e. The Morgan fingerprint density at radius 3 is 0.614 bits per heavy atom. The van der Waals surface area contributed by atoms with E-state index in [0.29, 0.717) is 139 Å². The van der Waals surface area contributed by atoms with Gasteiger partial charge >= 0.3 is 0 Å². The largest absolute Gasteiger partial charge is 0.351 e. The van der Waals surface area contributed by atoms with Crippen molar-refractivity contribution >= 4 is 35.7 Å². The van der Waals surface area contributed by atoms with Gasteiger partial charge in [-0.3, -0.25) is 0 Å². The summed E-state index contributed by atoms with van der Waals surface area (Å²) >= 11 is 0. The molecule has 6 aliphatic heterocycles. The van der Waals surface area contributed by atoms with Crippen LogP contribution in [0.3, 0.4) is 0 Å². The number of hydrogen-bond acceptors (Lipinski definition) is 24. The summed E-state index contributed by atoms with van der Waals surface area (Å²) in [5, 5.41) is 92.9. The average molecular weight is 1240 g/mol. The van der Waals surface area contributed by atoms with Crippen molar-refractivity contribution < 1.29 is 31.2 Å². The third kappa shape index (κ3) is 14.9. The summed E-state index contributed by atoms with van der Waals surface area (Å²) < 4.78 is 0. The maximum atomic E-state index is 11.8. The molecule has 0 unspecified atom stereocenters. The molecule has 8 rings (SSSR count). The van der Waals surface area contributed by atoms with Crippen LogP contribution >= 0.6 is 0 Å². The second kappa shape index (κ2) is 23.7. The topological polar surface area (TPSA) is 273 Å². The normalized spacial score (nSPS) is 27.8. The summed E-state index contributed by atoms with van der Waals surface area (Å²) in [6.45, 7) is 50.8. The second-order valence-electron chi connectivity index (χ2n) is 35.4. The number of unbranched alkanes of at least 4 members (excludes halogenated alkanes) is 1. The highest BCUT2D eigenvalue weighted by Gasteiger charge is 2.52. The molecule has 0 aliphatic carbocycles. The van der Waals surface area contributed by atoms with Crippen LogP contribution in [0, 0.1) is 0 Å². The Balaban J connectivity index is 1.19. The van der Waals surface area contributed by atoms with Crippen LogP contribution in [0.15, 0.2) is 0 Å². The van der Waals surface area contributed by atoms with Crippen LogP contribution in [0.25, 0.3) is 0 Å². The molecule has 2 aromatic rings. The number of hydrogen-bond donors (Lipinski definition) is 10. The summed E-state index contributed by atoms with van der Waals surface area (Å²) in [4.78, 5) is 36.5. The molecule has 6 fully saturated rings. The molecule has 24 heteroatoms. The molecule has 6 aliphatic rings. The van der Waals surface area contributed by atoms with Crippen LogP contribution in [0.2, 0.25) is 0 Å². The summed E-state index contributed by atoms with van der Waals surface area (Å²) in [5.41, 5.74) is -6.62. The van der Waals surface area contributed by atoms with Crippen molar-refractivity contribution in [2.75, 3.05) is 44.2 Å². The highest BCUT2D eigenvalue weighted by atomic mass is 16.5. The van der Waals surface area contributed by atoms with Gasteiger partial charge in [-0.1, -0.05) is 0 Å². The fourth-order valence-corrected chi connectivity index (χ4v) is 17.8. The smallest absolute Gasteiger partial charge is 0.232 e. The number of hydroxylamine groups is 12. The van der Waals surface area contributed by atoms with Gasteiger partial charge in [0.15, 0.2) is 0 Å². The quantitative estimate of drug-likeness (QED) is 0.0659. The molecule has 24 nitrogen and oxygen atoms in total. The highest BCUT2D eigenvalue weighted by molar-refractivity contribution is 5.48. The Morgan fingerprint density at radius 2 is 0.443 bits per heavy atom. The molecule has 0 aromatic carbocycles. The molecule has 0 amide bonds. The molecule has 0 bridgehead atoms. The number of aromatic nitrogens is 6. The molecule has 6 saturated heterocycles. The number of anilines is 6. The van der Waals surface area contributed by atoms with Gasteiger partial charge in [0.25, 0.3) is 0 Å². The minimum atomic E-state index is -0.597. The first-order valence-electron chi connectivity index (χ1n) is 33.0. The first-order chi connectivity index (χ1) is 39.9. The second-order valence-corrected chi connectivity index (χ2v) is 35.4. The van der Waals surface area contributed by atoms with E-state index in [1.807, 2.05) is 0 Å². The van der Waals surface area contributed by atoms with E-state index >= 15 is 0 Å². The zero-order valence-electron chi connectivity index (χ0n) is 58.7. The van der Waals surface area contributed by atoms with Gasteiger partial charge in [0.05, 0.1) is 0 Å². The Kier molecular flexibility index (Phi) is 18.9. The van der Waals surface area contributed by atoms with Crippen LogP contribution in [-0.4, -0.2) is 207 Å². The first kappa shape index (κ1) is 70.2. The molecular formula is C64H120N18O6. The lowest BCUT2D eigenvalue weighted by Crippen LogP contribution is -2.63. The zero-order valence-corrected chi connectivity index (χ0v) is 58.7. The van der Waals surface area contributed by atoms with Crippen LogP contribution in [0.1, 0.15) is 256 Å². The zero-order chi connectivity index (χ0) is 65.9. The van der Waals surface area contributed by atoms with Crippen molar-refractivity contribution in [1.82, 2.24) is 60.3 Å². The Hall–Kier alpha value is -3.66. The molecule has 10 N–H and O–H groups in total. The van der Waals surface area contributed by atoms with E-state index in [2.05, 4.69) is 197 Å². The van der Waals surface area contributed by atoms with Gasteiger partial charge in [0, 0.05) is 116 Å².